The molecule has 1 aliphatic heterocycles. The van der Waals surface area contributed by atoms with E-state index in [1.165, 1.54) is 0 Å². The van der Waals surface area contributed by atoms with E-state index in [2.05, 4.69) is 5.32 Å². The van der Waals surface area contributed by atoms with Crippen LogP contribution in [0.3, 0.4) is 0 Å². The number of nitrogens with zero attached hydrogens (tertiary/aromatic N) is 1. The number of hydrogen-bond donors (Lipinski definition) is 1. The van der Waals surface area contributed by atoms with Gasteiger partial charge in [-0.05, 0) is 19.3 Å². The van der Waals surface area contributed by atoms with Crippen molar-refractivity contribution in [2.45, 2.75) is 44.8 Å². The Bertz CT molecular complexity index is 243. The Labute approximate surface area is 93.0 Å². The van der Waals surface area contributed by atoms with Crippen molar-refractivity contribution < 1.29 is 18.0 Å². The third-order valence-electron chi connectivity index (χ3n) is 2.68. The van der Waals surface area contributed by atoms with E-state index in [9.17, 15) is 18.0 Å². The zero-order valence-corrected chi connectivity index (χ0v) is 9.31. The van der Waals surface area contributed by atoms with E-state index in [0.717, 1.165) is 6.42 Å². The maximum atomic E-state index is 11.9. The summed E-state index contributed by atoms with van der Waals surface area (Å²) in [6.45, 7) is 2.78. The minimum absolute atomic E-state index is 0.00880. The van der Waals surface area contributed by atoms with Crippen LogP contribution in [0.5, 0.6) is 0 Å². The predicted octanol–water partition coefficient (Wildman–Crippen LogP) is 1.89. The van der Waals surface area contributed by atoms with Gasteiger partial charge in [-0.3, -0.25) is 10.1 Å². The normalized spacial score (nSPS) is 21.9. The van der Waals surface area contributed by atoms with Crippen LogP contribution in [0, 0.1) is 0 Å². The van der Waals surface area contributed by atoms with Crippen LogP contribution in [0.2, 0.25) is 0 Å². The molecule has 1 saturated heterocycles. The lowest BCUT2D eigenvalue weighted by Gasteiger charge is -2.15. The molecule has 0 aromatic carbocycles. The molecular weight excluding hydrogens is 221 g/mol. The van der Waals surface area contributed by atoms with Crippen LogP contribution in [0.25, 0.3) is 0 Å². The van der Waals surface area contributed by atoms with Crippen LogP contribution in [0.1, 0.15) is 32.6 Å². The third kappa shape index (κ3) is 4.00. The van der Waals surface area contributed by atoms with Crippen LogP contribution < -0.4 is 5.32 Å². The molecule has 0 spiro atoms. The summed E-state index contributed by atoms with van der Waals surface area (Å²) in [5, 5.41) is 3.02. The lowest BCUT2D eigenvalue weighted by Crippen LogP contribution is -2.30. The molecule has 0 aromatic rings. The molecule has 0 aliphatic carbocycles. The summed E-state index contributed by atoms with van der Waals surface area (Å²) < 4.78 is 35.6. The van der Waals surface area contributed by atoms with E-state index in [-0.39, 0.29) is 18.4 Å². The average Bonchev–Trinajstić information content (AvgIpc) is 2.53. The second-order valence-electron chi connectivity index (χ2n) is 4.00. The van der Waals surface area contributed by atoms with Crippen molar-refractivity contribution in [3.05, 3.63) is 0 Å². The molecule has 1 atom stereocenters. The van der Waals surface area contributed by atoms with Gasteiger partial charge in [0, 0.05) is 13.0 Å². The lowest BCUT2D eigenvalue weighted by atomic mass is 10.2. The minimum atomic E-state index is -4.08. The molecule has 1 heterocycles. The quantitative estimate of drug-likeness (QED) is 0.742. The first-order valence-corrected chi connectivity index (χ1v) is 5.53. The molecular formula is C10H17F3N2O. The van der Waals surface area contributed by atoms with Crippen molar-refractivity contribution in [1.29, 1.82) is 0 Å². The zero-order valence-electron chi connectivity index (χ0n) is 9.31. The van der Waals surface area contributed by atoms with Crippen molar-refractivity contribution in [2.75, 3.05) is 13.2 Å². The van der Waals surface area contributed by atoms with Gasteiger partial charge in [0.05, 0.1) is 12.7 Å². The molecule has 1 N–H and O–H groups in total. The Morgan fingerprint density at radius 1 is 1.44 bits per heavy atom. The molecule has 6 heteroatoms. The smallest absolute Gasteiger partial charge is 0.329 e. The van der Waals surface area contributed by atoms with Crippen LogP contribution in [-0.4, -0.2) is 36.2 Å². The van der Waals surface area contributed by atoms with Crippen molar-refractivity contribution >= 4 is 5.91 Å². The highest BCUT2D eigenvalue weighted by Crippen LogP contribution is 2.22. The minimum Gasteiger partial charge on any atom is -0.329 e. The highest BCUT2D eigenvalue weighted by atomic mass is 19.4. The van der Waals surface area contributed by atoms with Gasteiger partial charge in [0.25, 0.3) is 0 Å². The fourth-order valence-electron chi connectivity index (χ4n) is 1.74. The number of nitrogens with one attached hydrogen (secondary N) is 1. The van der Waals surface area contributed by atoms with Gasteiger partial charge in [-0.25, -0.2) is 0 Å². The lowest BCUT2D eigenvalue weighted by molar-refractivity contribution is -0.136. The number of carbonyl (C=O) groups is 1. The summed E-state index contributed by atoms with van der Waals surface area (Å²) in [4.78, 5) is 13.2. The number of hydrogen-bond acceptors (Lipinski definition) is 2. The molecule has 1 rings (SSSR count). The van der Waals surface area contributed by atoms with Crippen LogP contribution in [0.15, 0.2) is 0 Å². The second-order valence-corrected chi connectivity index (χ2v) is 4.00. The highest BCUT2D eigenvalue weighted by Gasteiger charge is 2.30. The largest absolute Gasteiger partial charge is 0.389 e. The maximum absolute atomic E-state index is 11.9. The van der Waals surface area contributed by atoms with Gasteiger partial charge >= 0.3 is 6.18 Å². The molecule has 0 saturated carbocycles. The molecule has 16 heavy (non-hydrogen) atoms. The fourth-order valence-corrected chi connectivity index (χ4v) is 1.74. The molecule has 1 unspecified atom stereocenters. The van der Waals surface area contributed by atoms with Crippen LogP contribution >= 0.6 is 0 Å². The van der Waals surface area contributed by atoms with Crippen molar-refractivity contribution in [2.24, 2.45) is 0 Å². The van der Waals surface area contributed by atoms with E-state index < -0.39 is 12.6 Å². The van der Waals surface area contributed by atoms with Gasteiger partial charge in [0.1, 0.15) is 0 Å². The number of rotatable bonds is 5. The fraction of sp³-hybridized carbons (Fsp3) is 0.900. The Balaban J connectivity index is 2.17. The first kappa shape index (κ1) is 13.3. The van der Waals surface area contributed by atoms with Gasteiger partial charge in [-0.2, -0.15) is 13.2 Å². The number of unbranched alkanes of at least 4 members (excludes halogenated alkanes) is 1. The molecule has 0 aromatic heterocycles. The standard InChI is InChI=1S/C10H17F3N2O/c1-2-8-9(16)15(7-14-8)6-4-3-5-10(11,12)13/h8,14H,2-7H2,1H3. The van der Waals surface area contributed by atoms with Gasteiger partial charge < -0.3 is 4.90 Å². The molecule has 3 nitrogen and oxygen atoms in total. The summed E-state index contributed by atoms with van der Waals surface area (Å²) in [5.74, 6) is 0.00880. The van der Waals surface area contributed by atoms with E-state index in [0.29, 0.717) is 19.6 Å². The summed E-state index contributed by atoms with van der Waals surface area (Å²) in [6, 6.07) is -0.150. The van der Waals surface area contributed by atoms with Crippen molar-refractivity contribution in [3.8, 4) is 0 Å². The summed E-state index contributed by atoms with van der Waals surface area (Å²) in [6.07, 6.45) is -3.63. The Hall–Kier alpha value is -0.780. The molecule has 0 bridgehead atoms. The molecule has 0 radical (unpaired) electrons. The SMILES string of the molecule is CCC1NCN(CCCCC(F)(F)F)C1=O. The van der Waals surface area contributed by atoms with Gasteiger partial charge in [0.2, 0.25) is 5.91 Å². The summed E-state index contributed by atoms with van der Waals surface area (Å²) in [5.41, 5.74) is 0. The topological polar surface area (TPSA) is 32.3 Å². The molecule has 1 amide bonds. The highest BCUT2D eigenvalue weighted by molar-refractivity contribution is 5.83. The zero-order chi connectivity index (χ0) is 12.2. The van der Waals surface area contributed by atoms with Crippen LogP contribution in [0.4, 0.5) is 13.2 Å². The van der Waals surface area contributed by atoms with Crippen molar-refractivity contribution in [3.63, 3.8) is 0 Å². The van der Waals surface area contributed by atoms with Crippen molar-refractivity contribution in [1.82, 2.24) is 10.2 Å². The number of alkyl halides is 3. The number of carbonyl (C=O) groups excluding carboxylic acids is 1. The average molecular weight is 238 g/mol. The Morgan fingerprint density at radius 2 is 2.12 bits per heavy atom. The number of amides is 1. The first-order chi connectivity index (χ1) is 7.44. The Kier molecular flexibility index (Phi) is 4.58. The monoisotopic (exact) mass is 238 g/mol. The van der Waals surface area contributed by atoms with Gasteiger partial charge in [0.15, 0.2) is 0 Å². The maximum Gasteiger partial charge on any atom is 0.389 e. The molecule has 94 valence electrons. The molecule has 1 fully saturated rings. The van der Waals surface area contributed by atoms with E-state index in [4.69, 9.17) is 0 Å². The number of halogens is 3. The summed E-state index contributed by atoms with van der Waals surface area (Å²) >= 11 is 0. The second kappa shape index (κ2) is 5.52. The van der Waals surface area contributed by atoms with Gasteiger partial charge in [-0.1, -0.05) is 6.92 Å². The van der Waals surface area contributed by atoms with E-state index in [1.807, 2.05) is 6.92 Å². The van der Waals surface area contributed by atoms with E-state index >= 15 is 0 Å². The predicted molar refractivity (Wildman–Crippen MR) is 53.7 cm³/mol. The Morgan fingerprint density at radius 3 is 2.62 bits per heavy atom. The van der Waals surface area contributed by atoms with Gasteiger partial charge in [-0.15, -0.1) is 0 Å². The summed E-state index contributed by atoms with van der Waals surface area (Å²) in [7, 11) is 0. The van der Waals surface area contributed by atoms with E-state index in [1.54, 1.807) is 4.90 Å². The first-order valence-electron chi connectivity index (χ1n) is 5.53. The van der Waals surface area contributed by atoms with Crippen LogP contribution in [-0.2, 0) is 4.79 Å². The molecule has 1 aliphatic rings. The third-order valence-corrected chi connectivity index (χ3v) is 2.68.